The smallest absolute Gasteiger partial charge is 0.272 e. The van der Waals surface area contributed by atoms with Crippen LogP contribution in [-0.4, -0.2) is 49.2 Å². The Bertz CT molecular complexity index is 999. The molecule has 8 heteroatoms. The van der Waals surface area contributed by atoms with Crippen LogP contribution in [0.3, 0.4) is 0 Å². The minimum Gasteiger partial charge on any atom is -0.383 e. The third-order valence-electron chi connectivity index (χ3n) is 5.27. The van der Waals surface area contributed by atoms with Crippen molar-refractivity contribution in [1.82, 2.24) is 24.5 Å². The van der Waals surface area contributed by atoms with E-state index in [9.17, 15) is 9.59 Å². The van der Waals surface area contributed by atoms with E-state index in [2.05, 4.69) is 10.2 Å². The summed E-state index contributed by atoms with van der Waals surface area (Å²) >= 11 is 0. The number of rotatable bonds is 4. The van der Waals surface area contributed by atoms with Gasteiger partial charge in [0.15, 0.2) is 5.78 Å². The van der Waals surface area contributed by atoms with E-state index >= 15 is 0 Å². The molecule has 144 valence electrons. The van der Waals surface area contributed by atoms with Crippen LogP contribution in [0.1, 0.15) is 33.7 Å². The van der Waals surface area contributed by atoms with Crippen molar-refractivity contribution in [2.75, 3.05) is 18.8 Å². The van der Waals surface area contributed by atoms with E-state index in [0.717, 1.165) is 5.69 Å². The number of aromatic nitrogens is 4. The zero-order chi connectivity index (χ0) is 19.7. The second-order valence-electron chi connectivity index (χ2n) is 6.96. The Labute approximate surface area is 162 Å². The maximum absolute atomic E-state index is 13.0. The average Bonchev–Trinajstić information content (AvgIpc) is 3.33. The fourth-order valence-electron chi connectivity index (χ4n) is 3.63. The Hall–Kier alpha value is -3.42. The molecule has 1 saturated heterocycles. The maximum atomic E-state index is 13.0. The quantitative estimate of drug-likeness (QED) is 0.699. The van der Waals surface area contributed by atoms with Gasteiger partial charge in [0, 0.05) is 32.3 Å². The predicted octanol–water partition coefficient (Wildman–Crippen LogP) is 1.92. The lowest BCUT2D eigenvalue weighted by molar-refractivity contribution is 0.0641. The number of hydrogen-bond acceptors (Lipinski definition) is 5. The molecule has 3 heterocycles. The van der Waals surface area contributed by atoms with Gasteiger partial charge in [-0.25, -0.2) is 4.68 Å². The number of Topliss-reactive ketones (excluding diaryl/α,β-unsaturated/α-hetero) is 1. The first-order valence-electron chi connectivity index (χ1n) is 9.26. The van der Waals surface area contributed by atoms with Crippen molar-refractivity contribution in [2.24, 2.45) is 13.0 Å². The molecular weight excluding hydrogens is 356 g/mol. The van der Waals surface area contributed by atoms with Gasteiger partial charge in [0.05, 0.1) is 17.4 Å². The number of carbonyl (C=O) groups is 2. The van der Waals surface area contributed by atoms with Crippen LogP contribution in [0.15, 0.2) is 48.8 Å². The molecule has 0 saturated carbocycles. The van der Waals surface area contributed by atoms with Crippen LogP contribution >= 0.6 is 0 Å². The number of anilines is 1. The highest BCUT2D eigenvalue weighted by atomic mass is 16.2. The number of benzene rings is 1. The van der Waals surface area contributed by atoms with Gasteiger partial charge in [-0.15, -0.1) is 0 Å². The number of likely N-dealkylation sites (tertiary alicyclic amines) is 1. The number of ketones is 1. The summed E-state index contributed by atoms with van der Waals surface area (Å²) in [6.07, 6.45) is 4.37. The summed E-state index contributed by atoms with van der Waals surface area (Å²) in [6, 6.07) is 11.2. The molecule has 1 aliphatic heterocycles. The van der Waals surface area contributed by atoms with Crippen LogP contribution < -0.4 is 5.73 Å². The largest absolute Gasteiger partial charge is 0.383 e. The topological polar surface area (TPSA) is 99.0 Å². The van der Waals surface area contributed by atoms with Crippen LogP contribution in [0.2, 0.25) is 0 Å². The number of aryl methyl sites for hydroxylation is 1. The van der Waals surface area contributed by atoms with Gasteiger partial charge in [-0.05, 0) is 31.0 Å². The van der Waals surface area contributed by atoms with Crippen LogP contribution in [0, 0.1) is 5.92 Å². The molecule has 0 radical (unpaired) electrons. The first-order chi connectivity index (χ1) is 13.6. The Morgan fingerprint density at radius 3 is 2.43 bits per heavy atom. The van der Waals surface area contributed by atoms with Gasteiger partial charge >= 0.3 is 0 Å². The van der Waals surface area contributed by atoms with Gasteiger partial charge < -0.3 is 10.6 Å². The molecule has 28 heavy (non-hydrogen) atoms. The Morgan fingerprint density at radius 1 is 1.07 bits per heavy atom. The summed E-state index contributed by atoms with van der Waals surface area (Å²) in [5.41, 5.74) is 8.02. The van der Waals surface area contributed by atoms with E-state index in [4.69, 9.17) is 5.73 Å². The fraction of sp³-hybridized carbons (Fsp3) is 0.300. The molecule has 3 aromatic rings. The number of nitrogens with zero attached hydrogens (tertiary/aromatic N) is 5. The third-order valence-corrected chi connectivity index (χ3v) is 5.27. The van der Waals surface area contributed by atoms with Crippen molar-refractivity contribution in [2.45, 2.75) is 12.8 Å². The van der Waals surface area contributed by atoms with Crippen LogP contribution in [0.5, 0.6) is 0 Å². The summed E-state index contributed by atoms with van der Waals surface area (Å²) < 4.78 is 3.15. The highest BCUT2D eigenvalue weighted by molar-refractivity contribution is 6.02. The van der Waals surface area contributed by atoms with Crippen molar-refractivity contribution in [3.8, 4) is 5.69 Å². The van der Waals surface area contributed by atoms with Gasteiger partial charge in [0.2, 0.25) is 0 Å². The third kappa shape index (κ3) is 3.17. The lowest BCUT2D eigenvalue weighted by Crippen LogP contribution is -2.41. The standard InChI is InChI=1S/C20H22N6O2/c1-24-17(7-10-22-24)20(28)25-11-8-14(9-12-25)18(27)16-13-23-26(19(16)21)15-5-3-2-4-6-15/h2-7,10,13-14H,8-9,11-12,21H2,1H3. The molecule has 2 N–H and O–H groups in total. The molecule has 0 atom stereocenters. The molecule has 1 aliphatic rings. The number of para-hydroxylation sites is 1. The second-order valence-corrected chi connectivity index (χ2v) is 6.96. The predicted molar refractivity (Wildman–Crippen MR) is 104 cm³/mol. The first kappa shape index (κ1) is 18.0. The summed E-state index contributed by atoms with van der Waals surface area (Å²) in [4.78, 5) is 27.3. The molecule has 8 nitrogen and oxygen atoms in total. The SMILES string of the molecule is Cn1nccc1C(=O)N1CCC(C(=O)c2cnn(-c3ccccc3)c2N)CC1. The molecular formula is C20H22N6O2. The average molecular weight is 378 g/mol. The molecule has 2 aromatic heterocycles. The maximum Gasteiger partial charge on any atom is 0.272 e. The molecule has 0 aliphatic carbocycles. The van der Waals surface area contributed by atoms with Crippen molar-refractivity contribution in [3.05, 3.63) is 60.0 Å². The van der Waals surface area contributed by atoms with Gasteiger partial charge in [-0.3, -0.25) is 14.3 Å². The van der Waals surface area contributed by atoms with Crippen molar-refractivity contribution in [3.63, 3.8) is 0 Å². The Morgan fingerprint density at radius 2 is 1.79 bits per heavy atom. The molecule has 1 aromatic carbocycles. The normalized spacial score (nSPS) is 15.0. The van der Waals surface area contributed by atoms with Gasteiger partial charge in [-0.2, -0.15) is 10.2 Å². The Kier molecular flexibility index (Phi) is 4.68. The number of hydrogen-bond donors (Lipinski definition) is 1. The zero-order valence-electron chi connectivity index (χ0n) is 15.7. The van der Waals surface area contributed by atoms with E-state index in [0.29, 0.717) is 43.0 Å². The summed E-state index contributed by atoms with van der Waals surface area (Å²) in [7, 11) is 1.75. The van der Waals surface area contributed by atoms with Crippen molar-refractivity contribution >= 4 is 17.5 Å². The van der Waals surface area contributed by atoms with E-state index in [1.54, 1.807) is 33.6 Å². The molecule has 0 unspecified atom stereocenters. The lowest BCUT2D eigenvalue weighted by atomic mass is 9.89. The van der Waals surface area contributed by atoms with E-state index in [1.165, 1.54) is 6.20 Å². The number of carbonyl (C=O) groups excluding carboxylic acids is 2. The summed E-state index contributed by atoms with van der Waals surface area (Å²) in [6.45, 7) is 1.07. The zero-order valence-corrected chi connectivity index (χ0v) is 15.7. The highest BCUT2D eigenvalue weighted by Crippen LogP contribution is 2.26. The van der Waals surface area contributed by atoms with Gasteiger partial charge in [0.1, 0.15) is 11.5 Å². The van der Waals surface area contributed by atoms with E-state index in [-0.39, 0.29) is 17.6 Å². The first-order valence-corrected chi connectivity index (χ1v) is 9.26. The summed E-state index contributed by atoms with van der Waals surface area (Å²) in [5.74, 6) is 0.130. The molecule has 4 rings (SSSR count). The fourth-order valence-corrected chi connectivity index (χ4v) is 3.63. The Balaban J connectivity index is 1.44. The number of nitrogen functional groups attached to an aromatic ring is 1. The minimum atomic E-state index is -0.161. The summed E-state index contributed by atoms with van der Waals surface area (Å²) in [5, 5.41) is 8.33. The van der Waals surface area contributed by atoms with Gasteiger partial charge in [0.25, 0.3) is 5.91 Å². The minimum absolute atomic E-state index is 0.00712. The second kappa shape index (κ2) is 7.30. The van der Waals surface area contributed by atoms with Crippen molar-refractivity contribution < 1.29 is 9.59 Å². The highest BCUT2D eigenvalue weighted by Gasteiger charge is 2.31. The number of amides is 1. The monoisotopic (exact) mass is 378 g/mol. The molecule has 1 amide bonds. The van der Waals surface area contributed by atoms with Gasteiger partial charge in [-0.1, -0.05) is 18.2 Å². The number of nitrogens with two attached hydrogens (primary N) is 1. The van der Waals surface area contributed by atoms with Crippen LogP contribution in [-0.2, 0) is 7.05 Å². The van der Waals surface area contributed by atoms with E-state index in [1.807, 2.05) is 30.3 Å². The van der Waals surface area contributed by atoms with Crippen LogP contribution in [0.4, 0.5) is 5.82 Å². The molecule has 0 spiro atoms. The van der Waals surface area contributed by atoms with Crippen molar-refractivity contribution in [1.29, 1.82) is 0 Å². The molecule has 1 fully saturated rings. The van der Waals surface area contributed by atoms with Crippen LogP contribution in [0.25, 0.3) is 5.69 Å². The number of piperidine rings is 1. The van der Waals surface area contributed by atoms with E-state index < -0.39 is 0 Å². The lowest BCUT2D eigenvalue weighted by Gasteiger charge is -2.31. The molecule has 0 bridgehead atoms.